The van der Waals surface area contributed by atoms with E-state index >= 15 is 0 Å². The molecule has 0 bridgehead atoms. The van der Waals surface area contributed by atoms with Crippen LogP contribution in [0, 0.1) is 17.2 Å². The number of benzene rings is 1. The lowest BCUT2D eigenvalue weighted by Crippen LogP contribution is -2.43. The topological polar surface area (TPSA) is 91.2 Å². The molecule has 0 spiro atoms. The number of sulfonamides is 1. The molecule has 6 nitrogen and oxygen atoms in total. The van der Waals surface area contributed by atoms with E-state index < -0.39 is 10.0 Å². The van der Waals surface area contributed by atoms with E-state index in [2.05, 4.69) is 17.0 Å². The molecule has 126 valence electrons. The van der Waals surface area contributed by atoms with Crippen molar-refractivity contribution in [3.63, 3.8) is 0 Å². The van der Waals surface area contributed by atoms with E-state index in [1.54, 1.807) is 13.2 Å². The molecule has 2 rings (SSSR count). The molecule has 1 fully saturated rings. The zero-order chi connectivity index (χ0) is 16.9. The van der Waals surface area contributed by atoms with Gasteiger partial charge < -0.3 is 10.1 Å². The van der Waals surface area contributed by atoms with Crippen LogP contribution in [-0.4, -0.2) is 34.7 Å². The minimum atomic E-state index is -3.60. The third kappa shape index (κ3) is 4.67. The van der Waals surface area contributed by atoms with Gasteiger partial charge in [-0.3, -0.25) is 0 Å². The van der Waals surface area contributed by atoms with Crippen LogP contribution in [0.25, 0.3) is 0 Å². The number of nitrogens with one attached hydrogen (secondary N) is 2. The van der Waals surface area contributed by atoms with E-state index in [-0.39, 0.29) is 10.9 Å². The second-order valence-electron chi connectivity index (χ2n) is 5.99. The molecular weight excluding hydrogens is 314 g/mol. The Labute approximate surface area is 137 Å². The number of hydrogen-bond acceptors (Lipinski definition) is 5. The van der Waals surface area contributed by atoms with E-state index in [0.29, 0.717) is 30.3 Å². The Morgan fingerprint density at radius 2 is 2.13 bits per heavy atom. The zero-order valence-electron chi connectivity index (χ0n) is 13.5. The lowest BCUT2D eigenvalue weighted by molar-refractivity contribution is 0.198. The first kappa shape index (κ1) is 17.7. The third-order valence-electron chi connectivity index (χ3n) is 3.93. The van der Waals surface area contributed by atoms with Crippen molar-refractivity contribution in [2.45, 2.75) is 37.1 Å². The van der Waals surface area contributed by atoms with Gasteiger partial charge in [0, 0.05) is 26.3 Å². The monoisotopic (exact) mass is 337 g/mol. The number of ether oxygens (including phenoxy) is 1. The fraction of sp³-hybridized carbons (Fsp3) is 0.562. The quantitative estimate of drug-likeness (QED) is 0.709. The van der Waals surface area contributed by atoms with Crippen molar-refractivity contribution >= 4 is 15.7 Å². The van der Waals surface area contributed by atoms with Crippen LogP contribution in [0.5, 0.6) is 0 Å². The predicted molar refractivity (Wildman–Crippen MR) is 88.6 cm³/mol. The first-order valence-electron chi connectivity index (χ1n) is 7.75. The van der Waals surface area contributed by atoms with Crippen LogP contribution in [-0.2, 0) is 14.8 Å². The number of nitrogens with zero attached hydrogens (tertiary/aromatic N) is 1. The molecule has 0 atom stereocenters. The van der Waals surface area contributed by atoms with Gasteiger partial charge in [0.15, 0.2) is 0 Å². The standard InChI is InChI=1S/C16H23N3O3S/c1-12-8-14(9-12)19-23(20,21)16-5-4-13(11-17)10-15(16)18-6-3-7-22-2/h4-5,10,12,14,18-19H,3,6-9H2,1-2H3. The number of hydrogen-bond donors (Lipinski definition) is 2. The van der Waals surface area contributed by atoms with Crippen molar-refractivity contribution in [1.29, 1.82) is 5.26 Å². The average Bonchev–Trinajstić information content (AvgIpc) is 2.49. The van der Waals surface area contributed by atoms with Crippen LogP contribution in [0.15, 0.2) is 23.1 Å². The summed E-state index contributed by atoms with van der Waals surface area (Å²) in [6.07, 6.45) is 2.48. The lowest BCUT2D eigenvalue weighted by Gasteiger charge is -2.33. The summed E-state index contributed by atoms with van der Waals surface area (Å²) in [4.78, 5) is 0.188. The van der Waals surface area contributed by atoms with Gasteiger partial charge in [-0.2, -0.15) is 5.26 Å². The minimum absolute atomic E-state index is 0.00647. The van der Waals surface area contributed by atoms with Crippen LogP contribution >= 0.6 is 0 Å². The summed E-state index contributed by atoms with van der Waals surface area (Å²) in [5.41, 5.74) is 0.885. The maximum absolute atomic E-state index is 12.6. The van der Waals surface area contributed by atoms with Crippen molar-refractivity contribution in [2.75, 3.05) is 25.6 Å². The van der Waals surface area contributed by atoms with E-state index in [9.17, 15) is 8.42 Å². The Morgan fingerprint density at radius 1 is 1.39 bits per heavy atom. The van der Waals surface area contributed by atoms with Crippen LogP contribution in [0.3, 0.4) is 0 Å². The predicted octanol–water partition coefficient (Wildman–Crippen LogP) is 2.08. The number of anilines is 1. The molecule has 1 aliphatic carbocycles. The minimum Gasteiger partial charge on any atom is -0.385 e. The average molecular weight is 337 g/mol. The van der Waals surface area contributed by atoms with Crippen LogP contribution in [0.4, 0.5) is 5.69 Å². The summed E-state index contributed by atoms with van der Waals surface area (Å²) < 4.78 is 32.9. The van der Waals surface area contributed by atoms with Gasteiger partial charge in [-0.15, -0.1) is 0 Å². The Kier molecular flexibility index (Phi) is 5.99. The van der Waals surface area contributed by atoms with E-state index in [4.69, 9.17) is 10.00 Å². The van der Waals surface area contributed by atoms with Gasteiger partial charge in [0.05, 0.1) is 17.3 Å². The van der Waals surface area contributed by atoms with Gasteiger partial charge in [-0.1, -0.05) is 6.92 Å². The highest BCUT2D eigenvalue weighted by atomic mass is 32.2. The molecule has 0 amide bonds. The lowest BCUT2D eigenvalue weighted by atomic mass is 9.83. The summed E-state index contributed by atoms with van der Waals surface area (Å²) in [5.74, 6) is 0.565. The molecule has 1 aromatic carbocycles. The molecule has 0 heterocycles. The van der Waals surface area contributed by atoms with Crippen LogP contribution in [0.1, 0.15) is 31.7 Å². The summed E-state index contributed by atoms with van der Waals surface area (Å²) in [6, 6.07) is 6.63. The molecular formula is C16H23N3O3S. The second kappa shape index (κ2) is 7.77. The molecule has 1 aromatic rings. The van der Waals surface area contributed by atoms with Crippen molar-refractivity contribution in [3.05, 3.63) is 23.8 Å². The van der Waals surface area contributed by atoms with Gasteiger partial charge in [-0.25, -0.2) is 13.1 Å². The number of nitriles is 1. The molecule has 0 radical (unpaired) electrons. The molecule has 7 heteroatoms. The maximum atomic E-state index is 12.6. The SMILES string of the molecule is COCCCNc1cc(C#N)ccc1S(=O)(=O)NC1CC(C)C1. The van der Waals surface area contributed by atoms with Crippen molar-refractivity contribution in [2.24, 2.45) is 5.92 Å². The third-order valence-corrected chi connectivity index (χ3v) is 5.51. The largest absolute Gasteiger partial charge is 0.385 e. The Bertz CT molecular complexity index is 676. The van der Waals surface area contributed by atoms with Crippen LogP contribution < -0.4 is 10.0 Å². The first-order chi connectivity index (χ1) is 11.0. The fourth-order valence-electron chi connectivity index (χ4n) is 2.69. The number of rotatable bonds is 8. The summed E-state index contributed by atoms with van der Waals surface area (Å²) in [7, 11) is -1.97. The van der Waals surface area contributed by atoms with Gasteiger partial charge in [0.1, 0.15) is 4.90 Å². The van der Waals surface area contributed by atoms with E-state index in [1.165, 1.54) is 12.1 Å². The summed E-state index contributed by atoms with van der Waals surface area (Å²) >= 11 is 0. The van der Waals surface area contributed by atoms with Crippen LogP contribution in [0.2, 0.25) is 0 Å². The van der Waals surface area contributed by atoms with E-state index in [1.807, 2.05) is 6.07 Å². The molecule has 0 saturated heterocycles. The Morgan fingerprint density at radius 3 is 2.74 bits per heavy atom. The number of methoxy groups -OCH3 is 1. The highest BCUT2D eigenvalue weighted by Gasteiger charge is 2.30. The summed E-state index contributed by atoms with van der Waals surface area (Å²) in [6.45, 7) is 3.27. The van der Waals surface area contributed by atoms with E-state index in [0.717, 1.165) is 19.3 Å². The van der Waals surface area contributed by atoms with Crippen molar-refractivity contribution < 1.29 is 13.2 Å². The molecule has 1 saturated carbocycles. The molecule has 23 heavy (non-hydrogen) atoms. The second-order valence-corrected chi connectivity index (χ2v) is 7.67. The molecule has 0 unspecified atom stereocenters. The normalized spacial score (nSPS) is 20.6. The van der Waals surface area contributed by atoms with Gasteiger partial charge >= 0.3 is 0 Å². The highest BCUT2D eigenvalue weighted by molar-refractivity contribution is 7.89. The summed E-state index contributed by atoms with van der Waals surface area (Å²) in [5, 5.41) is 12.1. The van der Waals surface area contributed by atoms with Crippen molar-refractivity contribution in [3.8, 4) is 6.07 Å². The molecule has 0 aromatic heterocycles. The molecule has 0 aliphatic heterocycles. The fourth-order valence-corrected chi connectivity index (χ4v) is 4.12. The zero-order valence-corrected chi connectivity index (χ0v) is 14.3. The molecule has 1 aliphatic rings. The smallest absolute Gasteiger partial charge is 0.242 e. The Hall–Kier alpha value is -1.62. The van der Waals surface area contributed by atoms with Gasteiger partial charge in [0.2, 0.25) is 10.0 Å². The van der Waals surface area contributed by atoms with Crippen molar-refractivity contribution in [1.82, 2.24) is 4.72 Å². The highest BCUT2D eigenvalue weighted by Crippen LogP contribution is 2.29. The molecule has 2 N–H and O–H groups in total. The maximum Gasteiger partial charge on any atom is 0.242 e. The van der Waals surface area contributed by atoms with Gasteiger partial charge in [0.25, 0.3) is 0 Å². The van der Waals surface area contributed by atoms with Gasteiger partial charge in [-0.05, 0) is 43.4 Å². The Balaban J connectivity index is 2.16. The first-order valence-corrected chi connectivity index (χ1v) is 9.24.